The van der Waals surface area contributed by atoms with Gasteiger partial charge in [-0.1, -0.05) is 25.1 Å². The van der Waals surface area contributed by atoms with Crippen molar-refractivity contribution in [1.29, 1.82) is 0 Å². The molecule has 4 fully saturated rings. The molecule has 1 aromatic heterocycles. The number of nitrogens with zero attached hydrogens (tertiary/aromatic N) is 3. The predicted molar refractivity (Wildman–Crippen MR) is 112 cm³/mol. The first-order chi connectivity index (χ1) is 13.8. The van der Waals surface area contributed by atoms with Crippen LogP contribution >= 0.6 is 0 Å². The summed E-state index contributed by atoms with van der Waals surface area (Å²) in [6.07, 6.45) is 5.82. The van der Waals surface area contributed by atoms with Crippen LogP contribution in [0.25, 0.3) is 0 Å². The van der Waals surface area contributed by atoms with E-state index in [0.717, 1.165) is 31.2 Å². The second-order valence-corrected chi connectivity index (χ2v) is 8.68. The molecule has 1 aromatic carbocycles. The minimum atomic E-state index is 0.578. The molecule has 3 atom stereocenters. The molecule has 4 aliphatic heterocycles. The van der Waals surface area contributed by atoms with Gasteiger partial charge in [0.15, 0.2) is 0 Å². The zero-order valence-corrected chi connectivity index (χ0v) is 17.1. The lowest BCUT2D eigenvalue weighted by Crippen LogP contribution is -2.60. The summed E-state index contributed by atoms with van der Waals surface area (Å²) in [6, 6.07) is 14.6. The first-order valence-electron chi connectivity index (χ1n) is 10.8. The van der Waals surface area contributed by atoms with E-state index in [0.29, 0.717) is 18.0 Å². The molecule has 2 aromatic rings. The van der Waals surface area contributed by atoms with Gasteiger partial charge in [0, 0.05) is 37.3 Å². The third-order valence-electron chi connectivity index (χ3n) is 7.30. The Kier molecular flexibility index (Phi) is 4.85. The van der Waals surface area contributed by atoms with Gasteiger partial charge < -0.3 is 4.74 Å². The third-order valence-corrected chi connectivity index (χ3v) is 7.30. The van der Waals surface area contributed by atoms with E-state index in [1.54, 1.807) is 7.11 Å². The maximum atomic E-state index is 5.38. The molecule has 5 heterocycles. The summed E-state index contributed by atoms with van der Waals surface area (Å²) in [7, 11) is 1.74. The summed E-state index contributed by atoms with van der Waals surface area (Å²) >= 11 is 0. The largest absolute Gasteiger partial charge is 0.497 e. The maximum absolute atomic E-state index is 5.38. The molecule has 0 radical (unpaired) electrons. The molecule has 4 saturated heterocycles. The van der Waals surface area contributed by atoms with Crippen LogP contribution in [-0.4, -0.2) is 53.6 Å². The second-order valence-electron chi connectivity index (χ2n) is 8.68. The summed E-state index contributed by atoms with van der Waals surface area (Å²) < 4.78 is 5.38. The number of ether oxygens (including phenoxy) is 1. The topological polar surface area (TPSA) is 28.6 Å². The molecule has 4 heteroatoms. The number of piperidine rings is 3. The van der Waals surface area contributed by atoms with Crippen molar-refractivity contribution in [3.8, 4) is 5.75 Å². The highest BCUT2D eigenvalue weighted by Gasteiger charge is 2.53. The average molecular weight is 378 g/mol. The Morgan fingerprint density at radius 1 is 1.04 bits per heavy atom. The minimum Gasteiger partial charge on any atom is -0.497 e. The molecule has 2 bridgehead atoms. The van der Waals surface area contributed by atoms with Crippen molar-refractivity contribution >= 4 is 0 Å². The molecule has 0 amide bonds. The van der Waals surface area contributed by atoms with E-state index in [2.05, 4.69) is 59.3 Å². The van der Waals surface area contributed by atoms with Crippen LogP contribution < -0.4 is 4.74 Å². The molecule has 0 spiro atoms. The van der Waals surface area contributed by atoms with Crippen LogP contribution in [0.5, 0.6) is 5.75 Å². The smallest absolute Gasteiger partial charge is 0.118 e. The van der Waals surface area contributed by atoms with Gasteiger partial charge in [0.25, 0.3) is 0 Å². The van der Waals surface area contributed by atoms with Crippen LogP contribution in [0.2, 0.25) is 0 Å². The number of likely N-dealkylation sites (tertiary alicyclic amines) is 1. The Hall–Kier alpha value is -1.91. The van der Waals surface area contributed by atoms with Gasteiger partial charge in [-0.2, -0.15) is 0 Å². The zero-order valence-electron chi connectivity index (χ0n) is 17.1. The van der Waals surface area contributed by atoms with Crippen molar-refractivity contribution in [2.75, 3.05) is 26.7 Å². The van der Waals surface area contributed by atoms with Crippen LogP contribution in [-0.2, 0) is 13.0 Å². The Morgan fingerprint density at radius 3 is 2.46 bits per heavy atom. The fraction of sp³-hybridized carbons (Fsp3) is 0.542. The lowest BCUT2D eigenvalue weighted by atomic mass is 9.75. The number of hydrogen-bond donors (Lipinski definition) is 0. The minimum absolute atomic E-state index is 0.578. The Balaban J connectivity index is 1.42. The van der Waals surface area contributed by atoms with Crippen molar-refractivity contribution in [3.63, 3.8) is 0 Å². The van der Waals surface area contributed by atoms with Gasteiger partial charge in [0.1, 0.15) is 5.75 Å². The molecule has 6 rings (SSSR count). The highest BCUT2D eigenvalue weighted by atomic mass is 16.5. The summed E-state index contributed by atoms with van der Waals surface area (Å²) in [4.78, 5) is 10.3. The number of pyridine rings is 1. The van der Waals surface area contributed by atoms with Gasteiger partial charge >= 0.3 is 0 Å². The lowest BCUT2D eigenvalue weighted by Gasteiger charge is -2.51. The second kappa shape index (κ2) is 7.49. The first-order valence-corrected chi connectivity index (χ1v) is 10.8. The van der Waals surface area contributed by atoms with Crippen molar-refractivity contribution in [3.05, 3.63) is 59.4 Å². The van der Waals surface area contributed by atoms with Gasteiger partial charge in [-0.3, -0.25) is 14.8 Å². The number of fused-ring (bicyclic) bond motifs is 2. The number of rotatable bonds is 5. The summed E-state index contributed by atoms with van der Waals surface area (Å²) in [5.41, 5.74) is 3.99. The van der Waals surface area contributed by atoms with Crippen molar-refractivity contribution in [1.82, 2.24) is 14.8 Å². The van der Waals surface area contributed by atoms with E-state index in [9.17, 15) is 0 Å². The van der Waals surface area contributed by atoms with Gasteiger partial charge in [0.05, 0.1) is 12.8 Å². The van der Waals surface area contributed by atoms with Gasteiger partial charge in [-0.25, -0.2) is 0 Å². The Morgan fingerprint density at radius 2 is 1.82 bits per heavy atom. The van der Waals surface area contributed by atoms with E-state index in [1.807, 2.05) is 0 Å². The number of aryl methyl sites for hydroxylation is 1. The van der Waals surface area contributed by atoms with Crippen molar-refractivity contribution < 1.29 is 4.74 Å². The van der Waals surface area contributed by atoms with Crippen molar-refractivity contribution in [2.45, 2.75) is 50.7 Å². The van der Waals surface area contributed by atoms with E-state index < -0.39 is 0 Å². The standard InChI is InChI=1S/C24H31N3O/c1-3-17-4-7-20(25-14-17)15-27-16-22(18-5-8-21(28-2)9-6-18)24-23(27)19-10-12-26(24)13-11-19/h4-9,14,19,22-24H,3,10-13,15-16H2,1-2H3/t22-,23+,24+/m1/s1. The molecule has 0 N–H and O–H groups in total. The van der Waals surface area contributed by atoms with Crippen LogP contribution in [0.15, 0.2) is 42.6 Å². The molecule has 0 unspecified atom stereocenters. The number of methoxy groups -OCH3 is 1. The number of hydrogen-bond acceptors (Lipinski definition) is 4. The SMILES string of the molecule is CCc1ccc(CN2C[C@H](c3ccc(OC)cc3)[C@H]3[C@@H]2C2CCN3CC2)nc1. The molecular formula is C24H31N3O. The molecule has 0 aliphatic carbocycles. The van der Waals surface area contributed by atoms with E-state index in [4.69, 9.17) is 9.72 Å². The van der Waals surface area contributed by atoms with E-state index >= 15 is 0 Å². The Bertz CT molecular complexity index is 796. The average Bonchev–Trinajstić information content (AvgIpc) is 3.17. The quantitative estimate of drug-likeness (QED) is 0.794. The van der Waals surface area contributed by atoms with Crippen LogP contribution in [0, 0.1) is 5.92 Å². The highest BCUT2D eigenvalue weighted by Crippen LogP contribution is 2.47. The zero-order chi connectivity index (χ0) is 19.1. The number of aromatic nitrogens is 1. The third kappa shape index (κ3) is 3.13. The summed E-state index contributed by atoms with van der Waals surface area (Å²) in [5.74, 6) is 2.36. The van der Waals surface area contributed by atoms with Crippen LogP contribution in [0.4, 0.5) is 0 Å². The van der Waals surface area contributed by atoms with E-state index in [1.165, 1.54) is 42.8 Å². The van der Waals surface area contributed by atoms with Gasteiger partial charge in [-0.05, 0) is 67.6 Å². The van der Waals surface area contributed by atoms with Crippen LogP contribution in [0.3, 0.4) is 0 Å². The van der Waals surface area contributed by atoms with Crippen molar-refractivity contribution in [2.24, 2.45) is 5.92 Å². The van der Waals surface area contributed by atoms with Crippen LogP contribution in [0.1, 0.15) is 42.5 Å². The Labute approximate surface area is 168 Å². The number of benzene rings is 1. The lowest BCUT2D eigenvalue weighted by molar-refractivity contribution is -0.00898. The maximum Gasteiger partial charge on any atom is 0.118 e. The molecule has 4 nitrogen and oxygen atoms in total. The first kappa shape index (κ1) is 18.1. The van der Waals surface area contributed by atoms with E-state index in [-0.39, 0.29) is 0 Å². The monoisotopic (exact) mass is 377 g/mol. The predicted octanol–water partition coefficient (Wildman–Crippen LogP) is 3.71. The summed E-state index contributed by atoms with van der Waals surface area (Å²) in [6.45, 7) is 6.84. The fourth-order valence-corrected chi connectivity index (χ4v) is 5.83. The normalized spacial score (nSPS) is 31.7. The highest BCUT2D eigenvalue weighted by molar-refractivity contribution is 5.33. The molecular weight excluding hydrogens is 346 g/mol. The fourth-order valence-electron chi connectivity index (χ4n) is 5.83. The molecule has 0 saturated carbocycles. The van der Waals surface area contributed by atoms with Gasteiger partial charge in [0.2, 0.25) is 0 Å². The summed E-state index contributed by atoms with van der Waals surface area (Å²) in [5, 5.41) is 0. The molecule has 4 aliphatic rings. The molecule has 148 valence electrons. The molecule has 28 heavy (non-hydrogen) atoms. The van der Waals surface area contributed by atoms with Gasteiger partial charge in [-0.15, -0.1) is 0 Å².